The molecule has 1 N–H and O–H groups in total. The first-order chi connectivity index (χ1) is 13.6. The topological polar surface area (TPSA) is 82.4 Å². The summed E-state index contributed by atoms with van der Waals surface area (Å²) in [5.41, 5.74) is 3.03. The fourth-order valence-corrected chi connectivity index (χ4v) is 3.91. The maximum Gasteiger partial charge on any atom is 0.257 e. The van der Waals surface area contributed by atoms with Gasteiger partial charge in [0.2, 0.25) is 0 Å². The molecule has 2 aliphatic heterocycles. The first kappa shape index (κ1) is 18.4. The van der Waals surface area contributed by atoms with Gasteiger partial charge in [-0.25, -0.2) is 0 Å². The second kappa shape index (κ2) is 7.98. The summed E-state index contributed by atoms with van der Waals surface area (Å²) in [5.74, 6) is 0.221. The van der Waals surface area contributed by atoms with Gasteiger partial charge in [0.15, 0.2) is 0 Å². The molecule has 0 bridgehead atoms. The lowest BCUT2D eigenvalue weighted by atomic mass is 9.99. The number of nitrogens with zero attached hydrogens (tertiary/aromatic N) is 3. The molecule has 2 aromatic carbocycles. The summed E-state index contributed by atoms with van der Waals surface area (Å²) in [4.78, 5) is 28.2. The predicted octanol–water partition coefficient (Wildman–Crippen LogP) is 2.42. The number of hydrogen-bond acceptors (Lipinski definition) is 6. The zero-order chi connectivity index (χ0) is 19.5. The minimum absolute atomic E-state index is 0.0535. The highest BCUT2D eigenvalue weighted by molar-refractivity contribution is 5.97. The fraction of sp³-hybridized carbons (Fsp3) is 0.381. The van der Waals surface area contributed by atoms with Crippen LogP contribution in [0.4, 0.5) is 0 Å². The maximum atomic E-state index is 12.9. The van der Waals surface area contributed by atoms with Crippen molar-refractivity contribution in [3.8, 4) is 11.5 Å². The number of ether oxygens (including phenoxy) is 1. The Morgan fingerprint density at radius 2 is 1.93 bits per heavy atom. The monoisotopic (exact) mass is 381 g/mol. The lowest BCUT2D eigenvalue weighted by Gasteiger charge is -2.31. The van der Waals surface area contributed by atoms with E-state index in [4.69, 9.17) is 4.74 Å². The van der Waals surface area contributed by atoms with Gasteiger partial charge >= 0.3 is 0 Å². The maximum absolute atomic E-state index is 12.9. The fourth-order valence-electron chi connectivity index (χ4n) is 3.91. The van der Waals surface area contributed by atoms with Crippen molar-refractivity contribution in [2.24, 2.45) is 5.18 Å². The normalized spacial score (nSPS) is 17.9. The summed E-state index contributed by atoms with van der Waals surface area (Å²) >= 11 is 0. The van der Waals surface area contributed by atoms with Crippen LogP contribution in [0.3, 0.4) is 0 Å². The van der Waals surface area contributed by atoms with Gasteiger partial charge in [0.25, 0.3) is 5.91 Å². The number of amides is 1. The number of phenols is 1. The number of carbonyl (C=O) groups is 1. The van der Waals surface area contributed by atoms with Crippen molar-refractivity contribution in [3.05, 3.63) is 64.1 Å². The highest BCUT2D eigenvalue weighted by atomic mass is 16.5. The molecule has 0 fully saturated rings. The van der Waals surface area contributed by atoms with E-state index < -0.39 is 6.04 Å². The summed E-state index contributed by atoms with van der Waals surface area (Å²) in [7, 11) is 0. The number of nitroso groups, excluding NO2 is 1. The SMILES string of the molecule is O=NC(CN1CCc2ccccc2C1)CN1CCOc2cc(O)ccc2C1=O. The zero-order valence-electron chi connectivity index (χ0n) is 15.6. The second-order valence-corrected chi connectivity index (χ2v) is 7.29. The van der Waals surface area contributed by atoms with Crippen molar-refractivity contribution < 1.29 is 14.6 Å². The van der Waals surface area contributed by atoms with Crippen LogP contribution in [0.25, 0.3) is 0 Å². The van der Waals surface area contributed by atoms with Crippen LogP contribution < -0.4 is 4.74 Å². The zero-order valence-corrected chi connectivity index (χ0v) is 15.6. The number of benzene rings is 2. The van der Waals surface area contributed by atoms with Crippen molar-refractivity contribution >= 4 is 5.91 Å². The highest BCUT2D eigenvalue weighted by Crippen LogP contribution is 2.27. The highest BCUT2D eigenvalue weighted by Gasteiger charge is 2.28. The third-order valence-corrected chi connectivity index (χ3v) is 5.36. The molecule has 0 aromatic heterocycles. The van der Waals surface area contributed by atoms with Gasteiger partial charge in [-0.1, -0.05) is 29.4 Å². The molecule has 7 heteroatoms. The van der Waals surface area contributed by atoms with Crippen molar-refractivity contribution in [3.63, 3.8) is 0 Å². The van der Waals surface area contributed by atoms with Gasteiger partial charge in [0.1, 0.15) is 24.1 Å². The molecule has 2 heterocycles. The molecule has 0 saturated heterocycles. The average Bonchev–Trinajstić information content (AvgIpc) is 2.86. The summed E-state index contributed by atoms with van der Waals surface area (Å²) in [6.45, 7) is 3.13. The van der Waals surface area contributed by atoms with E-state index in [1.807, 2.05) is 6.07 Å². The van der Waals surface area contributed by atoms with Crippen LogP contribution in [0.5, 0.6) is 11.5 Å². The van der Waals surface area contributed by atoms with Crippen LogP contribution in [-0.4, -0.2) is 59.6 Å². The molecule has 0 radical (unpaired) electrons. The van der Waals surface area contributed by atoms with E-state index in [9.17, 15) is 14.8 Å². The second-order valence-electron chi connectivity index (χ2n) is 7.29. The van der Waals surface area contributed by atoms with Gasteiger partial charge in [-0.05, 0) is 29.7 Å². The molecular formula is C21H23N3O4. The van der Waals surface area contributed by atoms with Gasteiger partial charge in [-0.2, -0.15) is 4.91 Å². The van der Waals surface area contributed by atoms with Gasteiger partial charge in [-0.3, -0.25) is 9.69 Å². The number of aromatic hydroxyl groups is 1. The Balaban J connectivity index is 1.43. The van der Waals surface area contributed by atoms with Crippen molar-refractivity contribution in [2.75, 3.05) is 32.8 Å². The van der Waals surface area contributed by atoms with Crippen molar-refractivity contribution in [2.45, 2.75) is 19.0 Å². The Bertz CT molecular complexity index is 886. The van der Waals surface area contributed by atoms with Crippen LogP contribution in [0, 0.1) is 4.91 Å². The first-order valence-corrected chi connectivity index (χ1v) is 9.51. The molecule has 0 spiro atoms. The Hall–Kier alpha value is -2.93. The number of fused-ring (bicyclic) bond motifs is 2. The smallest absolute Gasteiger partial charge is 0.257 e. The molecule has 28 heavy (non-hydrogen) atoms. The number of hydrogen-bond donors (Lipinski definition) is 1. The summed E-state index contributed by atoms with van der Waals surface area (Å²) < 4.78 is 5.59. The minimum Gasteiger partial charge on any atom is -0.508 e. The largest absolute Gasteiger partial charge is 0.508 e. The van der Waals surface area contributed by atoms with Crippen LogP contribution in [0.2, 0.25) is 0 Å². The van der Waals surface area contributed by atoms with E-state index in [0.717, 1.165) is 19.5 Å². The molecular weight excluding hydrogens is 358 g/mol. The van der Waals surface area contributed by atoms with E-state index >= 15 is 0 Å². The summed E-state index contributed by atoms with van der Waals surface area (Å²) in [5, 5.41) is 12.9. The van der Waals surface area contributed by atoms with Crippen LogP contribution in [0.1, 0.15) is 21.5 Å². The molecule has 7 nitrogen and oxygen atoms in total. The van der Waals surface area contributed by atoms with Crippen molar-refractivity contribution in [1.29, 1.82) is 0 Å². The van der Waals surface area contributed by atoms with Crippen molar-refractivity contribution in [1.82, 2.24) is 9.80 Å². The molecule has 1 atom stereocenters. The third kappa shape index (κ3) is 3.84. The van der Waals surface area contributed by atoms with Crippen LogP contribution in [0.15, 0.2) is 47.6 Å². The Kier molecular flexibility index (Phi) is 5.25. The lowest BCUT2D eigenvalue weighted by molar-refractivity contribution is 0.0734. The Morgan fingerprint density at radius 1 is 1.11 bits per heavy atom. The van der Waals surface area contributed by atoms with Crippen LogP contribution in [-0.2, 0) is 13.0 Å². The number of phenolic OH excluding ortho intramolecular Hbond substituents is 1. The number of carbonyl (C=O) groups excluding carboxylic acids is 1. The van der Waals surface area contributed by atoms with Gasteiger partial charge in [0.05, 0.1) is 12.1 Å². The van der Waals surface area contributed by atoms with E-state index in [2.05, 4.69) is 28.3 Å². The van der Waals surface area contributed by atoms with E-state index in [1.54, 1.807) is 11.0 Å². The van der Waals surface area contributed by atoms with E-state index in [0.29, 0.717) is 31.0 Å². The van der Waals surface area contributed by atoms with E-state index in [-0.39, 0.29) is 18.2 Å². The summed E-state index contributed by atoms with van der Waals surface area (Å²) in [6, 6.07) is 12.3. The Morgan fingerprint density at radius 3 is 2.75 bits per heavy atom. The third-order valence-electron chi connectivity index (χ3n) is 5.36. The molecule has 2 aromatic rings. The molecule has 0 aliphatic carbocycles. The van der Waals surface area contributed by atoms with Gasteiger partial charge in [0, 0.05) is 32.2 Å². The standard InChI is InChI=1S/C21H23N3O4/c25-18-5-6-19-20(11-18)28-10-9-24(21(19)26)14-17(22-27)13-23-8-7-15-3-1-2-4-16(15)12-23/h1-6,11,17,25H,7-10,12-14H2. The first-order valence-electron chi connectivity index (χ1n) is 9.51. The molecule has 4 rings (SSSR count). The van der Waals surface area contributed by atoms with Gasteiger partial charge in [-0.15, -0.1) is 0 Å². The molecule has 0 saturated carbocycles. The molecule has 1 unspecified atom stereocenters. The Labute approximate surface area is 163 Å². The van der Waals surface area contributed by atoms with Crippen LogP contribution >= 0.6 is 0 Å². The lowest BCUT2D eigenvalue weighted by Crippen LogP contribution is -2.43. The molecule has 2 aliphatic rings. The summed E-state index contributed by atoms with van der Waals surface area (Å²) in [6.07, 6.45) is 0.953. The molecule has 146 valence electrons. The quantitative estimate of drug-likeness (QED) is 0.805. The molecule has 1 amide bonds. The predicted molar refractivity (Wildman–Crippen MR) is 105 cm³/mol. The van der Waals surface area contributed by atoms with Gasteiger partial charge < -0.3 is 14.7 Å². The number of rotatable bonds is 5. The average molecular weight is 381 g/mol. The minimum atomic E-state index is -0.507. The van der Waals surface area contributed by atoms with E-state index in [1.165, 1.54) is 23.3 Å².